The number of hydrogen-bond donors (Lipinski definition) is 2. The van der Waals surface area contributed by atoms with Crippen LogP contribution in [-0.4, -0.2) is 30.6 Å². The summed E-state index contributed by atoms with van der Waals surface area (Å²) in [6, 6.07) is 8.12. The van der Waals surface area contributed by atoms with Gasteiger partial charge in [-0.15, -0.1) is 0 Å². The van der Waals surface area contributed by atoms with Crippen LogP contribution in [0.4, 0.5) is 0 Å². The normalized spacial score (nSPS) is 13.4. The van der Waals surface area contributed by atoms with Gasteiger partial charge >= 0.3 is 5.97 Å². The highest BCUT2D eigenvalue weighted by Crippen LogP contribution is 2.02. The maximum absolute atomic E-state index is 11.8. The topological polar surface area (TPSA) is 81.4 Å². The minimum atomic E-state index is -0.686. The highest BCUT2D eigenvalue weighted by Gasteiger charge is 2.20. The second-order valence-corrected chi connectivity index (χ2v) is 4.28. The number of nitrogens with two attached hydrogens (primary N) is 1. The first-order valence-electron chi connectivity index (χ1n) is 6.31. The standard InChI is InChI=1S/C14H20N2O3/c1-3-19-14(18)10(2)16-13(17)12(15)9-11-7-5-4-6-8-11/h4-8,10,12H,3,9,15H2,1-2H3,(H,16,17)/t10?,12-/m1/s1. The summed E-state index contributed by atoms with van der Waals surface area (Å²) in [5, 5.41) is 2.55. The Morgan fingerprint density at radius 3 is 2.53 bits per heavy atom. The van der Waals surface area contributed by atoms with Crippen molar-refractivity contribution in [3.05, 3.63) is 35.9 Å². The molecule has 0 fully saturated rings. The Hall–Kier alpha value is -1.88. The lowest BCUT2D eigenvalue weighted by Crippen LogP contribution is -2.48. The molecule has 0 saturated carbocycles. The molecule has 0 saturated heterocycles. The molecule has 1 rings (SSSR count). The lowest BCUT2D eigenvalue weighted by atomic mass is 10.1. The summed E-state index contributed by atoms with van der Waals surface area (Å²) in [4.78, 5) is 23.2. The Bertz CT molecular complexity index is 420. The molecule has 0 aliphatic rings. The lowest BCUT2D eigenvalue weighted by Gasteiger charge is -2.16. The fourth-order valence-corrected chi connectivity index (χ4v) is 1.61. The van der Waals surface area contributed by atoms with Crippen molar-refractivity contribution < 1.29 is 14.3 Å². The van der Waals surface area contributed by atoms with Crippen LogP contribution >= 0.6 is 0 Å². The molecule has 0 radical (unpaired) electrons. The molecule has 104 valence electrons. The molecule has 0 bridgehead atoms. The van der Waals surface area contributed by atoms with Gasteiger partial charge < -0.3 is 15.8 Å². The largest absolute Gasteiger partial charge is 0.464 e. The van der Waals surface area contributed by atoms with Crippen LogP contribution in [0.5, 0.6) is 0 Å². The number of carbonyl (C=O) groups is 2. The van der Waals surface area contributed by atoms with Crippen LogP contribution in [0.15, 0.2) is 30.3 Å². The van der Waals surface area contributed by atoms with E-state index < -0.39 is 18.1 Å². The molecule has 0 heterocycles. The first-order valence-corrected chi connectivity index (χ1v) is 6.31. The SMILES string of the molecule is CCOC(=O)C(C)NC(=O)[C@H](N)Cc1ccccc1. The predicted octanol–water partition coefficient (Wildman–Crippen LogP) is 0.624. The first-order chi connectivity index (χ1) is 9.04. The van der Waals surface area contributed by atoms with Crippen LogP contribution in [0.2, 0.25) is 0 Å². The van der Waals surface area contributed by atoms with Crippen LogP contribution in [0, 0.1) is 0 Å². The van der Waals surface area contributed by atoms with Crippen LogP contribution < -0.4 is 11.1 Å². The van der Waals surface area contributed by atoms with E-state index in [1.54, 1.807) is 13.8 Å². The zero-order chi connectivity index (χ0) is 14.3. The van der Waals surface area contributed by atoms with Gasteiger partial charge in [-0.1, -0.05) is 30.3 Å². The lowest BCUT2D eigenvalue weighted by molar-refractivity contribution is -0.147. The van der Waals surface area contributed by atoms with E-state index >= 15 is 0 Å². The van der Waals surface area contributed by atoms with Gasteiger partial charge in [0.15, 0.2) is 0 Å². The summed E-state index contributed by atoms with van der Waals surface area (Å²) in [5.41, 5.74) is 6.79. The Kier molecular flexibility index (Phi) is 6.02. The Balaban J connectivity index is 2.47. The van der Waals surface area contributed by atoms with Gasteiger partial charge in [-0.05, 0) is 25.8 Å². The van der Waals surface area contributed by atoms with Crippen molar-refractivity contribution >= 4 is 11.9 Å². The number of carbonyl (C=O) groups excluding carboxylic acids is 2. The van der Waals surface area contributed by atoms with E-state index in [9.17, 15) is 9.59 Å². The van der Waals surface area contributed by atoms with Crippen LogP contribution in [0.1, 0.15) is 19.4 Å². The molecule has 1 amide bonds. The van der Waals surface area contributed by atoms with E-state index in [0.29, 0.717) is 6.42 Å². The summed E-state index contributed by atoms with van der Waals surface area (Å²) in [5.74, 6) is -0.813. The summed E-state index contributed by atoms with van der Waals surface area (Å²) < 4.78 is 4.81. The maximum Gasteiger partial charge on any atom is 0.328 e. The zero-order valence-corrected chi connectivity index (χ0v) is 11.3. The Morgan fingerprint density at radius 1 is 1.32 bits per heavy atom. The minimum Gasteiger partial charge on any atom is -0.464 e. The molecule has 1 aromatic carbocycles. The number of ether oxygens (including phenoxy) is 1. The fraction of sp³-hybridized carbons (Fsp3) is 0.429. The van der Waals surface area contributed by atoms with Crippen molar-refractivity contribution in [2.75, 3.05) is 6.61 Å². The van der Waals surface area contributed by atoms with E-state index in [1.165, 1.54) is 0 Å². The van der Waals surface area contributed by atoms with Gasteiger partial charge in [0, 0.05) is 0 Å². The fourth-order valence-electron chi connectivity index (χ4n) is 1.61. The van der Waals surface area contributed by atoms with Crippen molar-refractivity contribution in [3.63, 3.8) is 0 Å². The third kappa shape index (κ3) is 5.09. The maximum atomic E-state index is 11.8. The van der Waals surface area contributed by atoms with Gasteiger partial charge in [0.05, 0.1) is 12.6 Å². The second kappa shape index (κ2) is 7.53. The van der Waals surface area contributed by atoms with Crippen LogP contribution in [-0.2, 0) is 20.7 Å². The summed E-state index contributed by atoms with van der Waals surface area (Å²) >= 11 is 0. The summed E-state index contributed by atoms with van der Waals surface area (Å²) in [6.45, 7) is 3.58. The number of rotatable bonds is 6. The average Bonchev–Trinajstić information content (AvgIpc) is 2.40. The number of benzene rings is 1. The zero-order valence-electron chi connectivity index (χ0n) is 11.3. The van der Waals surface area contributed by atoms with Crippen LogP contribution in [0.25, 0.3) is 0 Å². The molecule has 1 unspecified atom stereocenters. The molecule has 0 aromatic heterocycles. The summed E-state index contributed by atoms with van der Waals surface area (Å²) in [6.07, 6.45) is 0.433. The van der Waals surface area contributed by atoms with Crippen molar-refractivity contribution in [2.45, 2.75) is 32.4 Å². The van der Waals surface area contributed by atoms with Gasteiger partial charge in [-0.25, -0.2) is 4.79 Å². The van der Waals surface area contributed by atoms with Gasteiger partial charge in [0.1, 0.15) is 6.04 Å². The van der Waals surface area contributed by atoms with E-state index in [1.807, 2.05) is 30.3 Å². The first kappa shape index (κ1) is 15.2. The molecule has 0 spiro atoms. The number of esters is 1. The highest BCUT2D eigenvalue weighted by molar-refractivity contribution is 5.87. The molecule has 0 aliphatic heterocycles. The molecule has 5 heteroatoms. The van der Waals surface area contributed by atoms with Crippen molar-refractivity contribution in [2.24, 2.45) is 5.73 Å². The van der Waals surface area contributed by atoms with Gasteiger partial charge in [-0.3, -0.25) is 4.79 Å². The van der Waals surface area contributed by atoms with Crippen LogP contribution in [0.3, 0.4) is 0 Å². The highest BCUT2D eigenvalue weighted by atomic mass is 16.5. The number of nitrogens with one attached hydrogen (secondary N) is 1. The van der Waals surface area contributed by atoms with Gasteiger partial charge in [0.2, 0.25) is 5.91 Å². The summed E-state index contributed by atoms with van der Waals surface area (Å²) in [7, 11) is 0. The smallest absolute Gasteiger partial charge is 0.328 e. The molecule has 5 nitrogen and oxygen atoms in total. The van der Waals surface area contributed by atoms with Crippen molar-refractivity contribution in [1.29, 1.82) is 0 Å². The van der Waals surface area contributed by atoms with Gasteiger partial charge in [0.25, 0.3) is 0 Å². The van der Waals surface area contributed by atoms with E-state index in [4.69, 9.17) is 10.5 Å². The average molecular weight is 264 g/mol. The monoisotopic (exact) mass is 264 g/mol. The van der Waals surface area contributed by atoms with E-state index in [-0.39, 0.29) is 12.5 Å². The molecule has 3 N–H and O–H groups in total. The quantitative estimate of drug-likeness (QED) is 0.738. The predicted molar refractivity (Wildman–Crippen MR) is 72.4 cm³/mol. The molecule has 1 aromatic rings. The molecule has 19 heavy (non-hydrogen) atoms. The molecule has 0 aliphatic carbocycles. The number of amides is 1. The Labute approximate surface area is 113 Å². The molecule has 2 atom stereocenters. The third-order valence-electron chi connectivity index (χ3n) is 2.63. The van der Waals surface area contributed by atoms with Crippen molar-refractivity contribution in [1.82, 2.24) is 5.32 Å². The Morgan fingerprint density at radius 2 is 1.95 bits per heavy atom. The second-order valence-electron chi connectivity index (χ2n) is 4.28. The van der Waals surface area contributed by atoms with Gasteiger partial charge in [-0.2, -0.15) is 0 Å². The molecular weight excluding hydrogens is 244 g/mol. The number of hydrogen-bond acceptors (Lipinski definition) is 4. The molecular formula is C14H20N2O3. The minimum absolute atomic E-state index is 0.287. The van der Waals surface area contributed by atoms with Crippen molar-refractivity contribution in [3.8, 4) is 0 Å². The van der Waals surface area contributed by atoms with E-state index in [0.717, 1.165) is 5.56 Å². The third-order valence-corrected chi connectivity index (χ3v) is 2.63. The van der Waals surface area contributed by atoms with E-state index in [2.05, 4.69) is 5.32 Å².